The summed E-state index contributed by atoms with van der Waals surface area (Å²) in [6, 6.07) is 3.38. The molecule has 3 heteroatoms. The number of halogens is 2. The van der Waals surface area contributed by atoms with E-state index in [0.717, 1.165) is 0 Å². The molecule has 0 atom stereocenters. The van der Waals surface area contributed by atoms with Crippen molar-refractivity contribution in [3.05, 3.63) is 29.8 Å². The van der Waals surface area contributed by atoms with Crippen molar-refractivity contribution in [1.82, 2.24) is 4.98 Å². The van der Waals surface area contributed by atoms with Gasteiger partial charge in [-0.25, -0.2) is 4.98 Å². The number of nitrogens with zero attached hydrogens (tertiary/aromatic N) is 1. The van der Waals surface area contributed by atoms with E-state index < -0.39 is 5.95 Å². The van der Waals surface area contributed by atoms with Gasteiger partial charge in [0, 0.05) is 17.6 Å². The fourth-order valence-corrected chi connectivity index (χ4v) is 0.911. The van der Waals surface area contributed by atoms with Gasteiger partial charge in [0.05, 0.1) is 0 Å². The third kappa shape index (κ3) is 1.67. The highest BCUT2D eigenvalue weighted by Crippen LogP contribution is 2.03. The maximum Gasteiger partial charge on any atom is 0.216 e. The minimum Gasteiger partial charge on any atom is -0.228 e. The molecule has 0 spiro atoms. The van der Waals surface area contributed by atoms with Gasteiger partial charge >= 0.3 is 0 Å². The Morgan fingerprint density at radius 1 is 1.60 bits per heavy atom. The summed E-state index contributed by atoms with van der Waals surface area (Å²) in [5.74, 6) is 0.0194. The predicted molar refractivity (Wildman–Crippen MR) is 38.6 cm³/mol. The largest absolute Gasteiger partial charge is 0.228 e. The van der Waals surface area contributed by atoms with Crippen molar-refractivity contribution in [2.45, 2.75) is 6.42 Å². The van der Waals surface area contributed by atoms with Crippen LogP contribution in [-0.2, 0) is 6.42 Å². The number of aromatic nitrogens is 1. The molecule has 0 bridgehead atoms. The molecular formula is C7H7ClFN. The zero-order chi connectivity index (χ0) is 7.40. The first-order valence-electron chi connectivity index (χ1n) is 3.00. The summed E-state index contributed by atoms with van der Waals surface area (Å²) in [4.78, 5) is 3.47. The van der Waals surface area contributed by atoms with E-state index in [-0.39, 0.29) is 0 Å². The molecule has 1 nitrogen and oxygen atoms in total. The Balaban J connectivity index is 2.81. The smallest absolute Gasteiger partial charge is 0.216 e. The predicted octanol–water partition coefficient (Wildman–Crippen LogP) is 2.00. The maximum absolute atomic E-state index is 12.6. The van der Waals surface area contributed by atoms with E-state index in [1.807, 2.05) is 0 Å². The van der Waals surface area contributed by atoms with Crippen molar-refractivity contribution >= 4 is 11.6 Å². The molecule has 10 heavy (non-hydrogen) atoms. The molecule has 1 rings (SSSR count). The van der Waals surface area contributed by atoms with Crippen molar-refractivity contribution in [2.75, 3.05) is 5.88 Å². The van der Waals surface area contributed by atoms with Gasteiger partial charge < -0.3 is 0 Å². The van der Waals surface area contributed by atoms with Crippen molar-refractivity contribution in [3.63, 3.8) is 0 Å². The molecule has 0 saturated carbocycles. The first kappa shape index (κ1) is 7.48. The molecule has 0 aliphatic rings. The molecule has 54 valence electrons. The summed E-state index contributed by atoms with van der Waals surface area (Å²) >= 11 is 5.41. The van der Waals surface area contributed by atoms with Gasteiger partial charge in [-0.3, -0.25) is 0 Å². The highest BCUT2D eigenvalue weighted by Gasteiger charge is 1.98. The second-order valence-electron chi connectivity index (χ2n) is 1.89. The highest BCUT2D eigenvalue weighted by molar-refractivity contribution is 6.17. The van der Waals surface area contributed by atoms with Gasteiger partial charge in [-0.05, 0) is 12.5 Å². The number of alkyl halides is 1. The van der Waals surface area contributed by atoms with Crippen LogP contribution in [0.4, 0.5) is 4.39 Å². The molecule has 1 aromatic rings. The Morgan fingerprint density at radius 2 is 2.40 bits per heavy atom. The average Bonchev–Trinajstić information content (AvgIpc) is 1.94. The van der Waals surface area contributed by atoms with Crippen LogP contribution in [0.1, 0.15) is 5.56 Å². The van der Waals surface area contributed by atoms with Crippen molar-refractivity contribution < 1.29 is 4.39 Å². The van der Waals surface area contributed by atoms with Crippen LogP contribution >= 0.6 is 11.6 Å². The summed E-state index contributed by atoms with van der Waals surface area (Å²) in [7, 11) is 0. The van der Waals surface area contributed by atoms with Crippen LogP contribution in [-0.4, -0.2) is 10.9 Å². The molecule has 0 N–H and O–H groups in total. The second-order valence-corrected chi connectivity index (χ2v) is 2.27. The van der Waals surface area contributed by atoms with E-state index in [0.29, 0.717) is 17.9 Å². The van der Waals surface area contributed by atoms with Gasteiger partial charge in [-0.2, -0.15) is 4.39 Å². The van der Waals surface area contributed by atoms with Gasteiger partial charge in [0.25, 0.3) is 0 Å². The monoisotopic (exact) mass is 159 g/mol. The van der Waals surface area contributed by atoms with Crippen molar-refractivity contribution in [2.24, 2.45) is 0 Å². The fourth-order valence-electron chi connectivity index (χ4n) is 0.708. The Labute approximate surface area is 63.8 Å². The molecule has 0 aromatic carbocycles. The molecule has 0 saturated heterocycles. The van der Waals surface area contributed by atoms with Gasteiger partial charge in [0.15, 0.2) is 0 Å². The topological polar surface area (TPSA) is 12.9 Å². The lowest BCUT2D eigenvalue weighted by atomic mass is 10.2. The molecule has 0 radical (unpaired) electrons. The number of hydrogen-bond acceptors (Lipinski definition) is 1. The average molecular weight is 160 g/mol. The van der Waals surface area contributed by atoms with E-state index in [4.69, 9.17) is 11.6 Å². The third-order valence-corrected chi connectivity index (χ3v) is 1.39. The summed E-state index contributed by atoms with van der Waals surface area (Å²) in [6.07, 6.45) is 1.97. The molecule has 0 aliphatic heterocycles. The van der Waals surface area contributed by atoms with Gasteiger partial charge in [0.2, 0.25) is 5.95 Å². The third-order valence-electron chi connectivity index (χ3n) is 1.20. The molecule has 0 unspecified atom stereocenters. The minimum absolute atomic E-state index is 0.414. The van der Waals surface area contributed by atoms with Gasteiger partial charge in [-0.1, -0.05) is 6.07 Å². The quantitative estimate of drug-likeness (QED) is 0.475. The second kappa shape index (κ2) is 3.52. The minimum atomic E-state index is -0.414. The van der Waals surface area contributed by atoms with Crippen LogP contribution < -0.4 is 0 Å². The molecule has 0 amide bonds. The first-order chi connectivity index (χ1) is 4.84. The summed E-state index contributed by atoms with van der Waals surface area (Å²) in [6.45, 7) is 0. The Kier molecular flexibility index (Phi) is 2.63. The molecule has 1 heterocycles. The summed E-state index contributed by atoms with van der Waals surface area (Å²) in [5.41, 5.74) is 0.581. The first-order valence-corrected chi connectivity index (χ1v) is 3.53. The lowest BCUT2D eigenvalue weighted by Crippen LogP contribution is -1.93. The van der Waals surface area contributed by atoms with E-state index in [1.165, 1.54) is 6.20 Å². The number of pyridine rings is 1. The van der Waals surface area contributed by atoms with E-state index in [2.05, 4.69) is 4.98 Å². The van der Waals surface area contributed by atoms with Crippen LogP contribution in [0.15, 0.2) is 18.3 Å². The highest BCUT2D eigenvalue weighted by atomic mass is 35.5. The number of aryl methyl sites for hydroxylation is 1. The standard InChI is InChI=1S/C7H7ClFN/c8-4-3-6-2-1-5-10-7(6)9/h1-2,5H,3-4H2. The maximum atomic E-state index is 12.6. The van der Waals surface area contributed by atoms with Gasteiger partial charge in [0.1, 0.15) is 0 Å². The lowest BCUT2D eigenvalue weighted by Gasteiger charge is -1.95. The van der Waals surface area contributed by atoms with Crippen LogP contribution in [0.25, 0.3) is 0 Å². The molecule has 1 aromatic heterocycles. The van der Waals surface area contributed by atoms with E-state index >= 15 is 0 Å². The van der Waals surface area contributed by atoms with Crippen LogP contribution in [0.3, 0.4) is 0 Å². The molecule has 0 aliphatic carbocycles. The van der Waals surface area contributed by atoms with Crippen LogP contribution in [0.2, 0.25) is 0 Å². The number of hydrogen-bond donors (Lipinski definition) is 0. The molecular weight excluding hydrogens is 153 g/mol. The fraction of sp³-hybridized carbons (Fsp3) is 0.286. The van der Waals surface area contributed by atoms with Crippen molar-refractivity contribution in [1.29, 1.82) is 0 Å². The van der Waals surface area contributed by atoms with Crippen molar-refractivity contribution in [3.8, 4) is 0 Å². The molecule has 0 fully saturated rings. The Morgan fingerprint density at radius 3 is 3.00 bits per heavy atom. The van der Waals surface area contributed by atoms with Crippen LogP contribution in [0.5, 0.6) is 0 Å². The summed E-state index contributed by atoms with van der Waals surface area (Å²) in [5, 5.41) is 0. The van der Waals surface area contributed by atoms with Gasteiger partial charge in [-0.15, -0.1) is 11.6 Å². The Bertz CT molecular complexity index is 215. The Hall–Kier alpha value is -0.630. The summed E-state index contributed by atoms with van der Waals surface area (Å²) < 4.78 is 12.6. The van der Waals surface area contributed by atoms with Crippen LogP contribution in [0, 0.1) is 5.95 Å². The SMILES string of the molecule is Fc1ncccc1CCCl. The normalized spacial score (nSPS) is 9.80. The number of rotatable bonds is 2. The lowest BCUT2D eigenvalue weighted by molar-refractivity contribution is 0.569. The van der Waals surface area contributed by atoms with E-state index in [1.54, 1.807) is 12.1 Å². The zero-order valence-electron chi connectivity index (χ0n) is 5.35. The van der Waals surface area contributed by atoms with E-state index in [9.17, 15) is 4.39 Å². The zero-order valence-corrected chi connectivity index (χ0v) is 6.11.